The number of rotatable bonds is 18. The van der Waals surface area contributed by atoms with Gasteiger partial charge in [-0.1, -0.05) is 83.9 Å². The largest absolute Gasteiger partial charge is 0.369 e. The predicted octanol–water partition coefficient (Wildman–Crippen LogP) is 7.01. The van der Waals surface area contributed by atoms with Crippen LogP contribution in [0.15, 0.2) is 35.6 Å². The van der Waals surface area contributed by atoms with Crippen molar-refractivity contribution in [1.82, 2.24) is 19.5 Å². The second-order valence-electron chi connectivity index (χ2n) is 10.5. The number of aromatic amines is 1. The Labute approximate surface area is 221 Å². The summed E-state index contributed by atoms with van der Waals surface area (Å²) in [5.74, 6) is 1.92. The van der Waals surface area contributed by atoms with E-state index in [1.54, 1.807) is 6.33 Å². The van der Waals surface area contributed by atoms with Gasteiger partial charge in [-0.25, -0.2) is 4.98 Å². The summed E-state index contributed by atoms with van der Waals surface area (Å²) in [6.45, 7) is 13.5. The van der Waals surface area contributed by atoms with Gasteiger partial charge in [0.1, 0.15) is 5.76 Å². The van der Waals surface area contributed by atoms with Gasteiger partial charge in [-0.2, -0.15) is 9.87 Å². The van der Waals surface area contributed by atoms with Gasteiger partial charge in [0, 0.05) is 6.42 Å². The van der Waals surface area contributed by atoms with Crippen molar-refractivity contribution in [3.05, 3.63) is 41.2 Å². The minimum Gasteiger partial charge on any atom is -0.369 e. The lowest BCUT2D eigenvalue weighted by Gasteiger charge is -2.18. The Bertz CT molecular complexity index is 1060. The van der Waals surface area contributed by atoms with Crippen LogP contribution < -0.4 is 11.3 Å². The number of allylic oxidation sites excluding steroid dienone is 2. The van der Waals surface area contributed by atoms with E-state index in [1.165, 1.54) is 63.4 Å². The molecule has 1 aliphatic rings. The number of hydrogen-bond donors (Lipinski definition) is 2. The number of unbranched alkanes of at least 4 members (excludes halogenated alkanes) is 8. The molecule has 0 bridgehead atoms. The molecule has 3 atom stereocenters. The Hall–Kier alpha value is -2.61. The Kier molecular flexibility index (Phi) is 11.7. The van der Waals surface area contributed by atoms with Gasteiger partial charge >= 0.3 is 0 Å². The van der Waals surface area contributed by atoms with Gasteiger partial charge < -0.3 is 15.2 Å². The predicted molar refractivity (Wildman–Crippen MR) is 150 cm³/mol. The van der Waals surface area contributed by atoms with Gasteiger partial charge in [0.25, 0.3) is 5.56 Å². The molecule has 1 saturated carbocycles. The molecule has 3 N–H and O–H groups in total. The summed E-state index contributed by atoms with van der Waals surface area (Å²) in [6, 6.07) is 0.109. The lowest BCUT2D eigenvalue weighted by molar-refractivity contribution is -0.264. The molecule has 0 amide bonds. The Morgan fingerprint density at radius 2 is 1.86 bits per heavy atom. The minimum atomic E-state index is -0.297. The molecular formula is C29H47N5O3. The lowest BCUT2D eigenvalue weighted by atomic mass is 9.87. The number of H-pyrrole nitrogens is 1. The summed E-state index contributed by atoms with van der Waals surface area (Å²) in [6.07, 6.45) is 17.9. The van der Waals surface area contributed by atoms with Crippen molar-refractivity contribution < 1.29 is 9.78 Å². The third-order valence-corrected chi connectivity index (χ3v) is 7.76. The zero-order valence-corrected chi connectivity index (χ0v) is 23.0. The molecular weight excluding hydrogens is 466 g/mol. The highest BCUT2D eigenvalue weighted by molar-refractivity contribution is 5.70. The summed E-state index contributed by atoms with van der Waals surface area (Å²) in [5.41, 5.74) is 7.60. The number of nitrogen functional groups attached to an aromatic ring is 1. The molecule has 0 spiro atoms. The fourth-order valence-electron chi connectivity index (χ4n) is 5.72. The number of imidazole rings is 1. The third-order valence-electron chi connectivity index (χ3n) is 7.76. The number of nitrogens with one attached hydrogen (secondary N) is 1. The topological polar surface area (TPSA) is 108 Å². The number of hydrogen-bond acceptors (Lipinski definition) is 6. The summed E-state index contributed by atoms with van der Waals surface area (Å²) >= 11 is 0. The molecule has 206 valence electrons. The first-order valence-electron chi connectivity index (χ1n) is 14.3. The normalized spacial score (nSPS) is 19.6. The fourth-order valence-corrected chi connectivity index (χ4v) is 5.72. The van der Waals surface area contributed by atoms with Crippen LogP contribution >= 0.6 is 0 Å². The van der Waals surface area contributed by atoms with Crippen LogP contribution in [-0.4, -0.2) is 26.1 Å². The number of fused-ring (bicyclic) bond motifs is 1. The summed E-state index contributed by atoms with van der Waals surface area (Å²) in [7, 11) is 0. The smallest absolute Gasteiger partial charge is 0.280 e. The van der Waals surface area contributed by atoms with Crippen LogP contribution in [0.2, 0.25) is 0 Å². The van der Waals surface area contributed by atoms with Crippen LogP contribution in [-0.2, 0) is 9.78 Å². The van der Waals surface area contributed by atoms with Crippen LogP contribution in [0.5, 0.6) is 0 Å². The standard InChI is InChI=1S/C29H47N5O3/c1-5-7-8-12-15-18-36-37-21(3)16-13-10-9-11-14-17-23-19-25(22(4)24(23)6-2)34-20-31-26-27(34)32-29(30)33-28(26)35/h20,23-25H,3-19H2,1-2H3,(H3,30,32,33,35)/t23-,24-,25-/m0/s1. The first kappa shape index (κ1) is 29.0. The van der Waals surface area contributed by atoms with Crippen molar-refractivity contribution in [2.75, 3.05) is 12.3 Å². The van der Waals surface area contributed by atoms with Crippen LogP contribution in [0.3, 0.4) is 0 Å². The van der Waals surface area contributed by atoms with E-state index < -0.39 is 0 Å². The second kappa shape index (κ2) is 15.0. The lowest BCUT2D eigenvalue weighted by Crippen LogP contribution is -2.14. The van der Waals surface area contributed by atoms with Gasteiger partial charge in [-0.15, -0.1) is 0 Å². The molecule has 2 heterocycles. The van der Waals surface area contributed by atoms with Crippen molar-refractivity contribution in [3.8, 4) is 0 Å². The maximum absolute atomic E-state index is 12.2. The maximum atomic E-state index is 12.2. The first-order chi connectivity index (χ1) is 18.0. The first-order valence-corrected chi connectivity index (χ1v) is 14.3. The molecule has 0 aromatic carbocycles. The number of aromatic nitrogens is 4. The SMILES string of the molecule is C=C(CCCCCCC[C@H]1C[C@H](n2cnc3c(=O)[nH]c(N)nc32)C(=C)[C@@H]1CC)OOCCCCCCC. The molecule has 0 aliphatic heterocycles. The van der Waals surface area contributed by atoms with E-state index in [-0.39, 0.29) is 17.5 Å². The summed E-state index contributed by atoms with van der Waals surface area (Å²) < 4.78 is 2.00. The second-order valence-corrected chi connectivity index (χ2v) is 10.5. The zero-order chi connectivity index (χ0) is 26.6. The molecule has 2 aromatic rings. The van der Waals surface area contributed by atoms with Gasteiger partial charge in [-0.05, 0) is 43.9 Å². The average Bonchev–Trinajstić information content (AvgIpc) is 3.43. The summed E-state index contributed by atoms with van der Waals surface area (Å²) in [5, 5.41) is 0. The van der Waals surface area contributed by atoms with Gasteiger partial charge in [0.05, 0.1) is 19.0 Å². The van der Waals surface area contributed by atoms with E-state index in [2.05, 4.69) is 42.0 Å². The van der Waals surface area contributed by atoms with Crippen LogP contribution in [0, 0.1) is 11.8 Å². The van der Waals surface area contributed by atoms with E-state index in [9.17, 15) is 4.79 Å². The van der Waals surface area contributed by atoms with Crippen molar-refractivity contribution in [3.63, 3.8) is 0 Å². The average molecular weight is 514 g/mol. The quantitative estimate of drug-likeness (QED) is 0.0730. The van der Waals surface area contributed by atoms with Crippen LogP contribution in [0.25, 0.3) is 11.2 Å². The van der Waals surface area contributed by atoms with E-state index in [0.717, 1.165) is 37.9 Å². The molecule has 2 aromatic heterocycles. The van der Waals surface area contributed by atoms with E-state index in [1.807, 2.05) is 4.57 Å². The van der Waals surface area contributed by atoms with Crippen molar-refractivity contribution in [2.24, 2.45) is 11.8 Å². The monoisotopic (exact) mass is 513 g/mol. The molecule has 0 unspecified atom stereocenters. The van der Waals surface area contributed by atoms with Gasteiger partial charge in [-0.3, -0.25) is 9.78 Å². The molecule has 0 saturated heterocycles. The van der Waals surface area contributed by atoms with E-state index >= 15 is 0 Å². The van der Waals surface area contributed by atoms with E-state index in [4.69, 9.17) is 15.5 Å². The summed E-state index contributed by atoms with van der Waals surface area (Å²) in [4.78, 5) is 34.0. The van der Waals surface area contributed by atoms with Crippen LogP contribution in [0.1, 0.15) is 110 Å². The van der Waals surface area contributed by atoms with Gasteiger partial charge in [0.15, 0.2) is 11.2 Å². The Balaban J connectivity index is 1.33. The van der Waals surface area contributed by atoms with Gasteiger partial charge in [0.2, 0.25) is 5.95 Å². The highest BCUT2D eigenvalue weighted by atomic mass is 17.2. The van der Waals surface area contributed by atoms with E-state index in [0.29, 0.717) is 29.6 Å². The molecule has 0 radical (unpaired) electrons. The molecule has 1 aliphatic carbocycles. The Morgan fingerprint density at radius 3 is 2.65 bits per heavy atom. The van der Waals surface area contributed by atoms with Crippen LogP contribution in [0.4, 0.5) is 5.95 Å². The highest BCUT2D eigenvalue weighted by Gasteiger charge is 2.37. The van der Waals surface area contributed by atoms with Crippen molar-refractivity contribution in [1.29, 1.82) is 0 Å². The molecule has 3 rings (SSSR count). The highest BCUT2D eigenvalue weighted by Crippen LogP contribution is 2.47. The number of nitrogens with two attached hydrogens (primary N) is 1. The zero-order valence-electron chi connectivity index (χ0n) is 23.0. The fraction of sp³-hybridized carbons (Fsp3) is 0.690. The number of nitrogens with zero attached hydrogens (tertiary/aromatic N) is 3. The number of anilines is 1. The molecule has 1 fully saturated rings. The third kappa shape index (κ3) is 8.19. The molecule has 8 heteroatoms. The van der Waals surface area contributed by atoms with Crippen molar-refractivity contribution >= 4 is 17.1 Å². The molecule has 8 nitrogen and oxygen atoms in total. The Morgan fingerprint density at radius 1 is 1.14 bits per heavy atom. The molecule has 37 heavy (non-hydrogen) atoms. The minimum absolute atomic E-state index is 0.109. The maximum Gasteiger partial charge on any atom is 0.280 e. The van der Waals surface area contributed by atoms with Crippen molar-refractivity contribution in [2.45, 2.75) is 110 Å².